The summed E-state index contributed by atoms with van der Waals surface area (Å²) in [7, 11) is 1.58. The van der Waals surface area contributed by atoms with Crippen LogP contribution in [0.2, 0.25) is 0 Å². The molecule has 2 heterocycles. The van der Waals surface area contributed by atoms with Crippen molar-refractivity contribution in [3.05, 3.63) is 116 Å². The fraction of sp³-hybridized carbons (Fsp3) is 0.0625. The van der Waals surface area contributed by atoms with E-state index >= 15 is 0 Å². The number of fused-ring (bicyclic) bond motifs is 2. The second kappa shape index (κ2) is 12.1. The van der Waals surface area contributed by atoms with Crippen molar-refractivity contribution in [2.45, 2.75) is 0 Å². The minimum atomic E-state index is -0.388. The second-order valence-corrected chi connectivity index (χ2v) is 10.5. The summed E-state index contributed by atoms with van der Waals surface area (Å²) in [5, 5.41) is 8.31. The zero-order valence-electron chi connectivity index (χ0n) is 22.6. The Morgan fingerprint density at radius 1 is 1.02 bits per heavy atom. The predicted octanol–water partition coefficient (Wildman–Crippen LogP) is 6.46. The van der Waals surface area contributed by atoms with Crippen LogP contribution < -0.4 is 20.3 Å². The molecule has 0 atom stereocenters. The highest BCUT2D eigenvalue weighted by Gasteiger charge is 2.18. The largest absolute Gasteiger partial charge is 0.496 e. The summed E-state index contributed by atoms with van der Waals surface area (Å²) in [6.07, 6.45) is 1.54. The summed E-state index contributed by atoms with van der Waals surface area (Å²) in [6.45, 7) is -0.232. The molecule has 0 bridgehead atoms. The summed E-state index contributed by atoms with van der Waals surface area (Å²) in [5.41, 5.74) is 1.90. The van der Waals surface area contributed by atoms with Crippen LogP contribution in [0.4, 0.5) is 10.1 Å². The van der Waals surface area contributed by atoms with Crippen molar-refractivity contribution in [2.24, 2.45) is 5.10 Å². The fourth-order valence-corrected chi connectivity index (χ4v) is 5.12. The molecule has 0 spiro atoms. The first-order chi connectivity index (χ1) is 20.9. The molecule has 6 aromatic rings. The summed E-state index contributed by atoms with van der Waals surface area (Å²) in [6, 6.07) is 25.0. The van der Waals surface area contributed by atoms with Crippen molar-refractivity contribution in [3.8, 4) is 23.1 Å². The van der Waals surface area contributed by atoms with Crippen LogP contribution in [0, 0.1) is 9.39 Å². The zero-order valence-corrected chi connectivity index (χ0v) is 24.7. The van der Waals surface area contributed by atoms with Crippen LogP contribution in [-0.2, 0) is 4.79 Å². The molecule has 0 saturated heterocycles. The van der Waals surface area contributed by atoms with Crippen LogP contribution >= 0.6 is 22.6 Å². The first-order valence-corrected chi connectivity index (χ1v) is 14.1. The van der Waals surface area contributed by atoms with Crippen molar-refractivity contribution in [2.75, 3.05) is 19.0 Å². The van der Waals surface area contributed by atoms with Crippen LogP contribution in [0.3, 0.4) is 0 Å². The van der Waals surface area contributed by atoms with E-state index in [9.17, 15) is 14.0 Å². The van der Waals surface area contributed by atoms with Crippen molar-refractivity contribution in [1.82, 2.24) is 9.66 Å². The normalized spacial score (nSPS) is 11.3. The third-order valence-corrected chi connectivity index (χ3v) is 7.32. The average Bonchev–Trinajstić information content (AvgIpc) is 3.46. The quantitative estimate of drug-likeness (QED) is 0.145. The lowest BCUT2D eigenvalue weighted by Crippen LogP contribution is -2.20. The van der Waals surface area contributed by atoms with E-state index in [2.05, 4.69) is 33.0 Å². The van der Waals surface area contributed by atoms with Crippen molar-refractivity contribution >= 4 is 62.3 Å². The number of benzene rings is 4. The van der Waals surface area contributed by atoms with Gasteiger partial charge in [0.2, 0.25) is 5.82 Å². The number of aromatic nitrogens is 2. The summed E-state index contributed by atoms with van der Waals surface area (Å²) >= 11 is 2.10. The number of methoxy groups -OCH3 is 1. The molecule has 0 fully saturated rings. The molecule has 1 amide bonds. The van der Waals surface area contributed by atoms with Crippen molar-refractivity contribution in [1.29, 1.82) is 0 Å². The number of furan rings is 1. The number of carbonyl (C=O) groups excluding carboxylic acids is 1. The fourth-order valence-electron chi connectivity index (χ4n) is 4.43. The lowest BCUT2D eigenvalue weighted by Gasteiger charge is -2.10. The van der Waals surface area contributed by atoms with E-state index in [1.54, 1.807) is 43.5 Å². The molecule has 0 aliphatic heterocycles. The lowest BCUT2D eigenvalue weighted by molar-refractivity contribution is -0.118. The Morgan fingerprint density at radius 2 is 1.84 bits per heavy atom. The maximum Gasteiger partial charge on any atom is 0.282 e. The molecule has 0 radical (unpaired) electrons. The van der Waals surface area contributed by atoms with Gasteiger partial charge in [-0.2, -0.15) is 9.78 Å². The zero-order chi connectivity index (χ0) is 29.9. The summed E-state index contributed by atoms with van der Waals surface area (Å²) in [4.78, 5) is 30.5. The Balaban J connectivity index is 1.28. The number of para-hydroxylation sites is 1. The molecular formula is C32H22FIN4O5. The molecule has 2 aromatic heterocycles. The van der Waals surface area contributed by atoms with Gasteiger partial charge in [0.15, 0.2) is 12.4 Å². The highest BCUT2D eigenvalue weighted by Crippen LogP contribution is 2.33. The average molecular weight is 688 g/mol. The molecule has 0 aliphatic carbocycles. The summed E-state index contributed by atoms with van der Waals surface area (Å²) < 4.78 is 32.2. The van der Waals surface area contributed by atoms with E-state index in [1.807, 2.05) is 30.3 Å². The summed E-state index contributed by atoms with van der Waals surface area (Å²) in [5.74, 6) is 0.952. The van der Waals surface area contributed by atoms with Gasteiger partial charge in [-0.05, 0) is 101 Å². The number of rotatable bonds is 8. The molecule has 214 valence electrons. The highest BCUT2D eigenvalue weighted by atomic mass is 127. The van der Waals surface area contributed by atoms with E-state index in [1.165, 1.54) is 35.2 Å². The van der Waals surface area contributed by atoms with Gasteiger partial charge < -0.3 is 19.2 Å². The predicted molar refractivity (Wildman–Crippen MR) is 170 cm³/mol. The van der Waals surface area contributed by atoms with E-state index in [-0.39, 0.29) is 29.7 Å². The Labute approximate surface area is 257 Å². The first kappa shape index (κ1) is 28.1. The first-order valence-electron chi connectivity index (χ1n) is 13.0. The molecule has 11 heteroatoms. The topological polar surface area (TPSA) is 108 Å². The van der Waals surface area contributed by atoms with Gasteiger partial charge in [-0.1, -0.05) is 18.2 Å². The molecule has 0 saturated carbocycles. The smallest absolute Gasteiger partial charge is 0.282 e. The van der Waals surface area contributed by atoms with Gasteiger partial charge in [0.05, 0.1) is 33.2 Å². The minimum Gasteiger partial charge on any atom is -0.496 e. The van der Waals surface area contributed by atoms with E-state index < -0.39 is 0 Å². The maximum absolute atomic E-state index is 13.6. The van der Waals surface area contributed by atoms with Gasteiger partial charge in [-0.25, -0.2) is 9.37 Å². The SMILES string of the molecule is COc1cccc2oc(-c3nc4ccccc4c(=O)n3N=Cc3ccc(OCC(=O)Nc4ccc(F)cc4)c(I)c3)cc12. The van der Waals surface area contributed by atoms with Crippen LogP contribution in [0.1, 0.15) is 5.56 Å². The second-order valence-electron chi connectivity index (χ2n) is 9.33. The number of ether oxygens (including phenoxy) is 2. The number of hydrogen-bond acceptors (Lipinski definition) is 7. The maximum atomic E-state index is 13.6. The van der Waals surface area contributed by atoms with Crippen molar-refractivity contribution in [3.63, 3.8) is 0 Å². The molecule has 9 nitrogen and oxygen atoms in total. The lowest BCUT2D eigenvalue weighted by atomic mass is 10.2. The van der Waals surface area contributed by atoms with Crippen molar-refractivity contribution < 1.29 is 23.1 Å². The van der Waals surface area contributed by atoms with Crippen LogP contribution in [0.25, 0.3) is 33.5 Å². The monoisotopic (exact) mass is 688 g/mol. The number of anilines is 1. The molecule has 1 N–H and O–H groups in total. The third-order valence-electron chi connectivity index (χ3n) is 6.48. The van der Waals surface area contributed by atoms with Gasteiger partial charge in [0.1, 0.15) is 22.9 Å². The number of carbonyl (C=O) groups is 1. The standard InChI is InChI=1S/C32H22FIN4O5/c1-41-26-7-4-8-27-23(26)16-29(43-27)31-37-25-6-3-2-5-22(25)32(40)38(31)35-17-19-9-14-28(24(34)15-19)42-18-30(39)36-21-12-10-20(33)11-13-21/h2-17H,18H2,1H3,(H,36,39). The Morgan fingerprint density at radius 3 is 2.63 bits per heavy atom. The van der Waals surface area contributed by atoms with E-state index in [0.717, 1.165) is 8.96 Å². The van der Waals surface area contributed by atoms with E-state index in [4.69, 9.17) is 18.9 Å². The Kier molecular flexibility index (Phi) is 7.88. The molecule has 0 aliphatic rings. The van der Waals surface area contributed by atoms with Gasteiger partial charge in [-0.15, -0.1) is 0 Å². The van der Waals surface area contributed by atoms with Gasteiger partial charge in [-0.3, -0.25) is 9.59 Å². The molecule has 4 aromatic carbocycles. The van der Waals surface area contributed by atoms with Gasteiger partial charge in [0.25, 0.3) is 11.5 Å². The Bertz CT molecular complexity index is 2070. The third kappa shape index (κ3) is 5.97. The molecule has 0 unspecified atom stereocenters. The van der Waals surface area contributed by atoms with Crippen LogP contribution in [0.15, 0.2) is 105 Å². The number of nitrogens with zero attached hydrogens (tertiary/aromatic N) is 3. The van der Waals surface area contributed by atoms with E-state index in [0.29, 0.717) is 45.0 Å². The number of nitrogens with one attached hydrogen (secondary N) is 1. The molecule has 6 rings (SSSR count). The van der Waals surface area contributed by atoms with Gasteiger partial charge >= 0.3 is 0 Å². The highest BCUT2D eigenvalue weighted by molar-refractivity contribution is 14.1. The molecule has 43 heavy (non-hydrogen) atoms. The van der Waals surface area contributed by atoms with Crippen LogP contribution in [-0.4, -0.2) is 35.5 Å². The molecular weight excluding hydrogens is 666 g/mol. The number of hydrogen-bond donors (Lipinski definition) is 1. The minimum absolute atomic E-state index is 0.232. The van der Waals surface area contributed by atoms with Crippen LogP contribution in [0.5, 0.6) is 11.5 Å². The number of halogens is 2. The van der Waals surface area contributed by atoms with Gasteiger partial charge in [0, 0.05) is 5.69 Å². The number of amides is 1. The Hall–Kier alpha value is -5.04.